The predicted octanol–water partition coefficient (Wildman–Crippen LogP) is 3.10. The van der Waals surface area contributed by atoms with Crippen molar-refractivity contribution in [3.05, 3.63) is 35.4 Å². The summed E-state index contributed by atoms with van der Waals surface area (Å²) in [4.78, 5) is 14.5. The molecule has 1 aromatic rings. The number of hydrogen-bond donors (Lipinski definition) is 0. The van der Waals surface area contributed by atoms with Crippen LogP contribution in [0.25, 0.3) is 0 Å². The topological polar surface area (TPSA) is 53.3 Å². The minimum absolute atomic E-state index is 0.159. The van der Waals surface area contributed by atoms with Crippen molar-refractivity contribution in [2.75, 3.05) is 19.8 Å². The number of nitriles is 1. The van der Waals surface area contributed by atoms with Gasteiger partial charge in [-0.2, -0.15) is 5.26 Å². The van der Waals surface area contributed by atoms with Gasteiger partial charge in [0.2, 0.25) is 5.91 Å². The van der Waals surface area contributed by atoms with Crippen LogP contribution in [0.2, 0.25) is 0 Å². The molecule has 124 valence electrons. The zero-order valence-electron chi connectivity index (χ0n) is 14.0. The number of aryl methyl sites for hydroxylation is 2. The van der Waals surface area contributed by atoms with Crippen molar-refractivity contribution >= 4 is 5.91 Å². The van der Waals surface area contributed by atoms with Crippen molar-refractivity contribution < 1.29 is 9.53 Å². The molecule has 23 heavy (non-hydrogen) atoms. The molecule has 1 heterocycles. The molecule has 4 heteroatoms. The standard InChI is InChI=1S/C19H26N2O2/c1-2-16-4-6-17(7-5-16)8-9-19(22)21(13-3-12-20)18-10-14-23-15-11-18/h4-7,18H,2-3,8-11,13-15H2,1H3. The number of amides is 1. The maximum absolute atomic E-state index is 12.6. The summed E-state index contributed by atoms with van der Waals surface area (Å²) in [7, 11) is 0. The smallest absolute Gasteiger partial charge is 0.223 e. The number of benzene rings is 1. The van der Waals surface area contributed by atoms with Gasteiger partial charge in [0.1, 0.15) is 0 Å². The first-order chi connectivity index (χ1) is 11.2. The first-order valence-electron chi connectivity index (χ1n) is 8.56. The lowest BCUT2D eigenvalue weighted by atomic mass is 10.0. The molecular formula is C19H26N2O2. The second-order valence-corrected chi connectivity index (χ2v) is 6.01. The van der Waals surface area contributed by atoms with Gasteiger partial charge in [-0.15, -0.1) is 0 Å². The van der Waals surface area contributed by atoms with E-state index in [0.29, 0.717) is 32.6 Å². The third kappa shape index (κ3) is 5.37. The zero-order chi connectivity index (χ0) is 16.5. The first kappa shape index (κ1) is 17.5. The van der Waals surface area contributed by atoms with Gasteiger partial charge in [0.25, 0.3) is 0 Å². The average Bonchev–Trinajstić information content (AvgIpc) is 2.61. The molecule has 1 amide bonds. The Balaban J connectivity index is 1.91. The lowest BCUT2D eigenvalue weighted by Gasteiger charge is -2.34. The van der Waals surface area contributed by atoms with Crippen molar-refractivity contribution in [1.29, 1.82) is 5.26 Å². The van der Waals surface area contributed by atoms with E-state index in [-0.39, 0.29) is 11.9 Å². The van der Waals surface area contributed by atoms with Crippen LogP contribution in [0.15, 0.2) is 24.3 Å². The molecule has 0 aliphatic carbocycles. The number of carbonyl (C=O) groups excluding carboxylic acids is 1. The number of ether oxygens (including phenoxy) is 1. The molecule has 1 aliphatic rings. The van der Waals surface area contributed by atoms with E-state index < -0.39 is 0 Å². The molecule has 1 fully saturated rings. The van der Waals surface area contributed by atoms with Gasteiger partial charge in [0, 0.05) is 32.2 Å². The molecule has 0 radical (unpaired) electrons. The van der Waals surface area contributed by atoms with Crippen molar-refractivity contribution in [2.45, 2.75) is 51.5 Å². The molecule has 0 unspecified atom stereocenters. The minimum atomic E-state index is 0.159. The lowest BCUT2D eigenvalue weighted by Crippen LogP contribution is -2.44. The van der Waals surface area contributed by atoms with Crippen LogP contribution < -0.4 is 0 Å². The van der Waals surface area contributed by atoms with E-state index in [1.807, 2.05) is 4.90 Å². The number of hydrogen-bond acceptors (Lipinski definition) is 3. The van der Waals surface area contributed by atoms with Gasteiger partial charge < -0.3 is 9.64 Å². The van der Waals surface area contributed by atoms with Crippen LogP contribution in [0.4, 0.5) is 0 Å². The summed E-state index contributed by atoms with van der Waals surface area (Å²) in [6, 6.07) is 10.9. The fourth-order valence-corrected chi connectivity index (χ4v) is 3.01. The van der Waals surface area contributed by atoms with Gasteiger partial charge in [-0.05, 0) is 36.8 Å². The van der Waals surface area contributed by atoms with E-state index in [0.717, 1.165) is 25.7 Å². The Kier molecular flexibility index (Phi) is 7.09. The summed E-state index contributed by atoms with van der Waals surface area (Å²) in [5.41, 5.74) is 2.51. The molecule has 4 nitrogen and oxygen atoms in total. The van der Waals surface area contributed by atoms with Crippen LogP contribution in [-0.4, -0.2) is 36.6 Å². The van der Waals surface area contributed by atoms with Crippen LogP contribution in [0.5, 0.6) is 0 Å². The lowest BCUT2D eigenvalue weighted by molar-refractivity contribution is -0.135. The summed E-state index contributed by atoms with van der Waals surface area (Å²) in [6.45, 7) is 4.09. The summed E-state index contributed by atoms with van der Waals surface area (Å²) < 4.78 is 5.38. The maximum Gasteiger partial charge on any atom is 0.223 e. The van der Waals surface area contributed by atoms with Gasteiger partial charge >= 0.3 is 0 Å². The van der Waals surface area contributed by atoms with Gasteiger partial charge in [0.05, 0.1) is 12.5 Å². The third-order valence-electron chi connectivity index (χ3n) is 4.48. The maximum atomic E-state index is 12.6. The summed E-state index contributed by atoms with van der Waals surface area (Å²) >= 11 is 0. The molecule has 1 aromatic carbocycles. The Morgan fingerprint density at radius 2 is 1.91 bits per heavy atom. The Labute approximate surface area is 139 Å². The Hall–Kier alpha value is -1.86. The van der Waals surface area contributed by atoms with Crippen molar-refractivity contribution in [2.24, 2.45) is 0 Å². The molecule has 1 aliphatic heterocycles. The molecule has 2 rings (SSSR count). The Morgan fingerprint density at radius 3 is 2.52 bits per heavy atom. The van der Waals surface area contributed by atoms with E-state index in [2.05, 4.69) is 37.3 Å². The SMILES string of the molecule is CCc1ccc(CCC(=O)N(CCC#N)C2CCOCC2)cc1. The highest BCUT2D eigenvalue weighted by Crippen LogP contribution is 2.17. The monoisotopic (exact) mass is 314 g/mol. The molecule has 0 bridgehead atoms. The second-order valence-electron chi connectivity index (χ2n) is 6.01. The first-order valence-corrected chi connectivity index (χ1v) is 8.56. The molecule has 0 atom stereocenters. The Morgan fingerprint density at radius 1 is 1.26 bits per heavy atom. The summed E-state index contributed by atoms with van der Waals surface area (Å²) in [6.07, 6.45) is 4.45. The van der Waals surface area contributed by atoms with Crippen LogP contribution in [0.3, 0.4) is 0 Å². The summed E-state index contributed by atoms with van der Waals surface area (Å²) in [5, 5.41) is 8.84. The van der Waals surface area contributed by atoms with Gasteiger partial charge in [-0.3, -0.25) is 4.79 Å². The Bertz CT molecular complexity index is 527. The molecular weight excluding hydrogens is 288 g/mol. The zero-order valence-corrected chi connectivity index (χ0v) is 14.0. The molecule has 0 N–H and O–H groups in total. The van der Waals surface area contributed by atoms with Gasteiger partial charge in [-0.25, -0.2) is 0 Å². The highest BCUT2D eigenvalue weighted by molar-refractivity contribution is 5.76. The summed E-state index contributed by atoms with van der Waals surface area (Å²) in [5.74, 6) is 0.159. The van der Waals surface area contributed by atoms with Crippen LogP contribution >= 0.6 is 0 Å². The van der Waals surface area contributed by atoms with Crippen molar-refractivity contribution in [1.82, 2.24) is 4.90 Å². The van der Waals surface area contributed by atoms with E-state index in [1.54, 1.807) is 0 Å². The number of nitrogens with zero attached hydrogens (tertiary/aromatic N) is 2. The number of carbonyl (C=O) groups is 1. The van der Waals surface area contributed by atoms with Crippen LogP contribution in [0, 0.1) is 11.3 Å². The van der Waals surface area contributed by atoms with E-state index in [4.69, 9.17) is 10.00 Å². The van der Waals surface area contributed by atoms with E-state index >= 15 is 0 Å². The third-order valence-corrected chi connectivity index (χ3v) is 4.48. The molecule has 0 spiro atoms. The average molecular weight is 314 g/mol. The van der Waals surface area contributed by atoms with Gasteiger partial charge in [0.15, 0.2) is 0 Å². The van der Waals surface area contributed by atoms with Crippen molar-refractivity contribution in [3.8, 4) is 6.07 Å². The predicted molar refractivity (Wildman–Crippen MR) is 89.9 cm³/mol. The quantitative estimate of drug-likeness (QED) is 0.777. The molecule has 1 saturated heterocycles. The fourth-order valence-electron chi connectivity index (χ4n) is 3.01. The largest absolute Gasteiger partial charge is 0.381 e. The fraction of sp³-hybridized carbons (Fsp3) is 0.579. The minimum Gasteiger partial charge on any atom is -0.381 e. The van der Waals surface area contributed by atoms with Gasteiger partial charge in [-0.1, -0.05) is 31.2 Å². The number of rotatable bonds is 7. The molecule has 0 aromatic heterocycles. The molecule has 0 saturated carbocycles. The van der Waals surface area contributed by atoms with Crippen LogP contribution in [0.1, 0.15) is 43.7 Å². The van der Waals surface area contributed by atoms with E-state index in [1.165, 1.54) is 11.1 Å². The second kappa shape index (κ2) is 9.32. The normalized spacial score (nSPS) is 15.1. The van der Waals surface area contributed by atoms with Crippen molar-refractivity contribution in [3.63, 3.8) is 0 Å². The van der Waals surface area contributed by atoms with E-state index in [9.17, 15) is 4.79 Å². The highest BCUT2D eigenvalue weighted by Gasteiger charge is 2.25. The highest BCUT2D eigenvalue weighted by atomic mass is 16.5. The van der Waals surface area contributed by atoms with Crippen LogP contribution in [-0.2, 0) is 22.4 Å².